The lowest BCUT2D eigenvalue weighted by atomic mass is 10.1. The van der Waals surface area contributed by atoms with Crippen molar-refractivity contribution >= 4 is 23.0 Å². The maximum atomic E-state index is 10.3. The first-order valence-corrected chi connectivity index (χ1v) is 4.34. The van der Waals surface area contributed by atoms with Crippen LogP contribution in [-0.2, 0) is 4.79 Å². The van der Waals surface area contributed by atoms with E-state index in [-0.39, 0.29) is 6.42 Å². The van der Waals surface area contributed by atoms with Crippen molar-refractivity contribution in [3.8, 4) is 0 Å². The Morgan fingerprint density at radius 2 is 2.33 bits per heavy atom. The fraction of sp³-hybridized carbons (Fsp3) is 0.286. The smallest absolute Gasteiger partial charge is 0.305 e. The number of hydrogen-bond donors (Lipinski definition) is 3. The summed E-state index contributed by atoms with van der Waals surface area (Å²) in [5, 5.41) is 12.0. The monoisotopic (exact) mass is 186 g/mol. The van der Waals surface area contributed by atoms with Crippen LogP contribution in [0.5, 0.6) is 0 Å². The molecule has 5 N–H and O–H groups in total. The van der Waals surface area contributed by atoms with E-state index in [4.69, 9.17) is 16.6 Å². The molecule has 5 heteroatoms. The van der Waals surface area contributed by atoms with E-state index in [0.717, 1.165) is 5.56 Å². The molecule has 0 saturated heterocycles. The Morgan fingerprint density at radius 1 is 1.67 bits per heavy atom. The third kappa shape index (κ3) is 1.96. The van der Waals surface area contributed by atoms with Crippen LogP contribution >= 0.6 is 11.3 Å². The van der Waals surface area contributed by atoms with Crippen LogP contribution in [0, 0.1) is 0 Å². The minimum Gasteiger partial charge on any atom is -0.481 e. The predicted octanol–water partition coefficient (Wildman–Crippen LogP) is 0.805. The molecule has 0 aliphatic heterocycles. The number of aliphatic carboxylic acids is 1. The molecule has 0 fully saturated rings. The first-order valence-electron chi connectivity index (χ1n) is 3.40. The maximum absolute atomic E-state index is 10.3. The van der Waals surface area contributed by atoms with Gasteiger partial charge in [-0.15, -0.1) is 11.3 Å². The van der Waals surface area contributed by atoms with Crippen LogP contribution in [-0.4, -0.2) is 11.1 Å². The largest absolute Gasteiger partial charge is 0.481 e. The molecule has 0 unspecified atom stereocenters. The summed E-state index contributed by atoms with van der Waals surface area (Å²) in [5.74, 6) is -0.909. The van der Waals surface area contributed by atoms with Gasteiger partial charge in [-0.05, 0) is 5.38 Å². The maximum Gasteiger partial charge on any atom is 0.305 e. The van der Waals surface area contributed by atoms with Crippen molar-refractivity contribution in [1.29, 1.82) is 0 Å². The highest BCUT2D eigenvalue weighted by Gasteiger charge is 2.13. The molecule has 1 aromatic heterocycles. The van der Waals surface area contributed by atoms with Gasteiger partial charge in [0, 0.05) is 22.7 Å². The summed E-state index contributed by atoms with van der Waals surface area (Å²) in [6, 6.07) is -0.492. The Hall–Kier alpha value is -1.07. The fourth-order valence-electron chi connectivity index (χ4n) is 0.916. The number of carboxylic acids is 1. The van der Waals surface area contributed by atoms with E-state index in [2.05, 4.69) is 0 Å². The first kappa shape index (κ1) is 9.02. The third-order valence-electron chi connectivity index (χ3n) is 1.52. The van der Waals surface area contributed by atoms with Gasteiger partial charge in [-0.1, -0.05) is 0 Å². The molecule has 0 bridgehead atoms. The zero-order valence-electron chi connectivity index (χ0n) is 6.36. The Bertz CT molecular complexity index is 285. The van der Waals surface area contributed by atoms with Gasteiger partial charge in [-0.3, -0.25) is 4.79 Å². The van der Waals surface area contributed by atoms with E-state index >= 15 is 0 Å². The Morgan fingerprint density at radius 3 is 2.75 bits per heavy atom. The highest BCUT2D eigenvalue weighted by Crippen LogP contribution is 2.24. The summed E-state index contributed by atoms with van der Waals surface area (Å²) in [4.78, 5) is 10.3. The van der Waals surface area contributed by atoms with Crippen molar-refractivity contribution in [2.75, 3.05) is 5.73 Å². The van der Waals surface area contributed by atoms with Crippen LogP contribution in [0.2, 0.25) is 0 Å². The van der Waals surface area contributed by atoms with E-state index in [1.807, 2.05) is 0 Å². The summed E-state index contributed by atoms with van der Waals surface area (Å²) < 4.78 is 0. The van der Waals surface area contributed by atoms with E-state index < -0.39 is 12.0 Å². The van der Waals surface area contributed by atoms with Gasteiger partial charge in [0.2, 0.25) is 0 Å². The van der Waals surface area contributed by atoms with E-state index in [1.54, 1.807) is 10.8 Å². The molecule has 1 aromatic rings. The average Bonchev–Trinajstić information content (AvgIpc) is 2.33. The van der Waals surface area contributed by atoms with Gasteiger partial charge in [0.1, 0.15) is 0 Å². The van der Waals surface area contributed by atoms with E-state index in [9.17, 15) is 4.79 Å². The highest BCUT2D eigenvalue weighted by molar-refractivity contribution is 7.08. The van der Waals surface area contributed by atoms with Gasteiger partial charge in [0.05, 0.1) is 6.42 Å². The average molecular weight is 186 g/mol. The van der Waals surface area contributed by atoms with Crippen molar-refractivity contribution < 1.29 is 9.90 Å². The summed E-state index contributed by atoms with van der Waals surface area (Å²) in [7, 11) is 0. The van der Waals surface area contributed by atoms with Gasteiger partial charge < -0.3 is 16.6 Å². The molecule has 0 aromatic carbocycles. The van der Waals surface area contributed by atoms with Gasteiger partial charge in [-0.25, -0.2) is 0 Å². The molecule has 12 heavy (non-hydrogen) atoms. The minimum atomic E-state index is -0.909. The molecule has 4 nitrogen and oxygen atoms in total. The van der Waals surface area contributed by atoms with Crippen molar-refractivity contribution in [1.82, 2.24) is 0 Å². The molecule has 0 saturated carbocycles. The molecule has 0 spiro atoms. The molecule has 0 radical (unpaired) electrons. The second-order valence-corrected chi connectivity index (χ2v) is 3.23. The Labute approximate surface area is 73.8 Å². The second-order valence-electron chi connectivity index (χ2n) is 2.49. The Balaban J connectivity index is 2.71. The quantitative estimate of drug-likeness (QED) is 0.651. The highest BCUT2D eigenvalue weighted by atomic mass is 32.1. The number of thiophene rings is 1. The molecule has 0 amide bonds. The van der Waals surface area contributed by atoms with Gasteiger partial charge >= 0.3 is 5.97 Å². The molecule has 66 valence electrons. The van der Waals surface area contributed by atoms with Crippen LogP contribution in [0.25, 0.3) is 0 Å². The normalized spacial score (nSPS) is 12.8. The molecule has 0 aliphatic rings. The number of rotatable bonds is 3. The number of carbonyl (C=O) groups is 1. The molecule has 0 aliphatic carbocycles. The number of anilines is 1. The van der Waals surface area contributed by atoms with Crippen LogP contribution < -0.4 is 11.5 Å². The summed E-state index contributed by atoms with van der Waals surface area (Å²) in [6.45, 7) is 0. The van der Waals surface area contributed by atoms with Crippen molar-refractivity contribution in [3.05, 3.63) is 16.3 Å². The lowest BCUT2D eigenvalue weighted by Gasteiger charge is -2.07. The topological polar surface area (TPSA) is 89.3 Å². The third-order valence-corrected chi connectivity index (χ3v) is 2.30. The number of nitrogens with two attached hydrogens (primary N) is 2. The number of hydrogen-bond acceptors (Lipinski definition) is 4. The van der Waals surface area contributed by atoms with E-state index in [0.29, 0.717) is 5.69 Å². The molecule has 1 heterocycles. The van der Waals surface area contributed by atoms with Gasteiger partial charge in [0.15, 0.2) is 0 Å². The lowest BCUT2D eigenvalue weighted by molar-refractivity contribution is -0.137. The first-order chi connectivity index (χ1) is 5.61. The van der Waals surface area contributed by atoms with Crippen LogP contribution in [0.1, 0.15) is 18.0 Å². The predicted molar refractivity (Wildman–Crippen MR) is 47.9 cm³/mol. The van der Waals surface area contributed by atoms with Crippen molar-refractivity contribution in [2.45, 2.75) is 12.5 Å². The zero-order valence-corrected chi connectivity index (χ0v) is 7.17. The number of carboxylic acid groups (broad SMARTS) is 1. The molecular formula is C7H10N2O2S. The fourth-order valence-corrected chi connectivity index (χ4v) is 1.72. The van der Waals surface area contributed by atoms with Crippen molar-refractivity contribution in [3.63, 3.8) is 0 Å². The summed E-state index contributed by atoms with van der Waals surface area (Å²) in [6.07, 6.45) is -0.0824. The van der Waals surface area contributed by atoms with Crippen molar-refractivity contribution in [2.24, 2.45) is 5.73 Å². The van der Waals surface area contributed by atoms with Crippen LogP contribution in [0.3, 0.4) is 0 Å². The lowest BCUT2D eigenvalue weighted by Crippen LogP contribution is -2.15. The van der Waals surface area contributed by atoms with E-state index in [1.165, 1.54) is 11.3 Å². The molecular weight excluding hydrogens is 176 g/mol. The minimum absolute atomic E-state index is 0.0824. The molecule has 1 rings (SSSR count). The summed E-state index contributed by atoms with van der Waals surface area (Å²) >= 11 is 1.42. The molecule has 1 atom stereocenters. The van der Waals surface area contributed by atoms with Gasteiger partial charge in [0.25, 0.3) is 0 Å². The standard InChI is InChI=1S/C7H10N2O2S/c8-5(1-7(10)11)4-2-12-3-6(4)9/h2-3,5H,1,8-9H2,(H,10,11)/t5-/m0/s1. The number of nitrogen functional groups attached to an aromatic ring is 1. The van der Waals surface area contributed by atoms with Crippen LogP contribution in [0.4, 0.5) is 5.69 Å². The SMILES string of the molecule is Nc1cscc1[C@@H](N)CC(=O)O. The summed E-state index contributed by atoms with van der Waals surface area (Å²) in [5.41, 5.74) is 12.4. The van der Waals surface area contributed by atoms with Gasteiger partial charge in [-0.2, -0.15) is 0 Å². The van der Waals surface area contributed by atoms with Crippen LogP contribution in [0.15, 0.2) is 10.8 Å². The Kier molecular flexibility index (Phi) is 2.67. The second kappa shape index (κ2) is 3.55. The zero-order chi connectivity index (χ0) is 9.14.